The summed E-state index contributed by atoms with van der Waals surface area (Å²) in [4.78, 5) is 15.0. The lowest BCUT2D eigenvalue weighted by Crippen LogP contribution is -2.47. The summed E-state index contributed by atoms with van der Waals surface area (Å²) in [6, 6.07) is 17.1. The van der Waals surface area contributed by atoms with Gasteiger partial charge in [-0.05, 0) is 23.3 Å². The van der Waals surface area contributed by atoms with Gasteiger partial charge in [0.1, 0.15) is 12.4 Å². The Labute approximate surface area is 142 Å². The number of hydroxylamine groups is 2. The molecular formula is C18H16F3NO3. The average molecular weight is 351 g/mol. The molecule has 132 valence electrons. The predicted octanol–water partition coefficient (Wildman–Crippen LogP) is 3.69. The van der Waals surface area contributed by atoms with Crippen molar-refractivity contribution in [1.82, 2.24) is 5.06 Å². The van der Waals surface area contributed by atoms with E-state index in [0.29, 0.717) is 12.4 Å². The maximum absolute atomic E-state index is 12.1. The van der Waals surface area contributed by atoms with Crippen LogP contribution in [0.5, 0.6) is 5.75 Å². The van der Waals surface area contributed by atoms with E-state index in [0.717, 1.165) is 16.2 Å². The van der Waals surface area contributed by atoms with E-state index in [-0.39, 0.29) is 19.0 Å². The third-order valence-electron chi connectivity index (χ3n) is 3.89. The van der Waals surface area contributed by atoms with Crippen molar-refractivity contribution in [1.29, 1.82) is 0 Å². The number of carbonyl (C=O) groups excluding carboxylic acids is 1. The summed E-state index contributed by atoms with van der Waals surface area (Å²) in [5, 5.41) is 1.01. The molecule has 0 aromatic heterocycles. The van der Waals surface area contributed by atoms with Gasteiger partial charge in [-0.15, -0.1) is 5.06 Å². The Balaban J connectivity index is 1.47. The van der Waals surface area contributed by atoms with E-state index in [4.69, 9.17) is 4.74 Å². The second-order valence-corrected chi connectivity index (χ2v) is 5.76. The van der Waals surface area contributed by atoms with Gasteiger partial charge in [0.15, 0.2) is 0 Å². The first-order valence-corrected chi connectivity index (χ1v) is 7.72. The minimum atomic E-state index is -4.97. The van der Waals surface area contributed by atoms with Crippen molar-refractivity contribution >= 4 is 5.97 Å². The fourth-order valence-corrected chi connectivity index (χ4v) is 2.47. The second kappa shape index (κ2) is 7.14. The van der Waals surface area contributed by atoms with Gasteiger partial charge in [0, 0.05) is 19.0 Å². The highest BCUT2D eigenvalue weighted by Crippen LogP contribution is 2.30. The smallest absolute Gasteiger partial charge is 0.489 e. The van der Waals surface area contributed by atoms with E-state index in [1.807, 2.05) is 54.6 Å². The first kappa shape index (κ1) is 17.3. The first-order chi connectivity index (χ1) is 11.9. The van der Waals surface area contributed by atoms with E-state index in [1.165, 1.54) is 0 Å². The highest BCUT2D eigenvalue weighted by molar-refractivity contribution is 5.75. The molecule has 3 rings (SSSR count). The lowest BCUT2D eigenvalue weighted by atomic mass is 9.93. The van der Waals surface area contributed by atoms with Gasteiger partial charge in [0.05, 0.1) is 0 Å². The third kappa shape index (κ3) is 4.51. The molecule has 4 nitrogen and oxygen atoms in total. The molecule has 0 aliphatic carbocycles. The molecule has 1 saturated heterocycles. The number of rotatable bonds is 5. The Morgan fingerprint density at radius 3 is 2.28 bits per heavy atom. The van der Waals surface area contributed by atoms with Crippen LogP contribution in [0, 0.1) is 0 Å². The summed E-state index contributed by atoms with van der Waals surface area (Å²) in [7, 11) is 0. The Morgan fingerprint density at radius 1 is 1.04 bits per heavy atom. The molecule has 0 amide bonds. The number of nitrogens with zero attached hydrogens (tertiary/aromatic N) is 1. The SMILES string of the molecule is O=C(ON1CC(c2ccc(OCc3ccccc3)cc2)C1)C(F)(F)F. The van der Waals surface area contributed by atoms with Crippen LogP contribution in [0.25, 0.3) is 0 Å². The topological polar surface area (TPSA) is 38.8 Å². The maximum atomic E-state index is 12.1. The van der Waals surface area contributed by atoms with Gasteiger partial charge >= 0.3 is 12.1 Å². The van der Waals surface area contributed by atoms with Crippen LogP contribution < -0.4 is 4.74 Å². The van der Waals surface area contributed by atoms with Crippen LogP contribution in [0.4, 0.5) is 13.2 Å². The number of hydrogen-bond acceptors (Lipinski definition) is 4. The van der Waals surface area contributed by atoms with Gasteiger partial charge in [-0.1, -0.05) is 42.5 Å². The monoisotopic (exact) mass is 351 g/mol. The molecule has 0 bridgehead atoms. The zero-order valence-corrected chi connectivity index (χ0v) is 13.2. The molecule has 1 fully saturated rings. The normalized spacial score (nSPS) is 15.5. The van der Waals surface area contributed by atoms with Gasteiger partial charge in [0.2, 0.25) is 0 Å². The molecule has 1 aliphatic heterocycles. The number of hydrogen-bond donors (Lipinski definition) is 0. The standard InChI is InChI=1S/C18H16F3NO3/c19-18(20,21)17(23)25-22-10-15(11-22)14-6-8-16(9-7-14)24-12-13-4-2-1-3-5-13/h1-9,15H,10-12H2. The summed E-state index contributed by atoms with van der Waals surface area (Å²) >= 11 is 0. The fourth-order valence-electron chi connectivity index (χ4n) is 2.47. The van der Waals surface area contributed by atoms with Crippen LogP contribution in [0.3, 0.4) is 0 Å². The van der Waals surface area contributed by atoms with Gasteiger partial charge in [0.25, 0.3) is 0 Å². The number of alkyl halides is 3. The molecule has 0 atom stereocenters. The van der Waals surface area contributed by atoms with Gasteiger partial charge in [-0.25, -0.2) is 4.79 Å². The number of benzene rings is 2. The lowest BCUT2D eigenvalue weighted by Gasteiger charge is -2.37. The Kier molecular flexibility index (Phi) is 4.94. The lowest BCUT2D eigenvalue weighted by molar-refractivity contribution is -0.253. The number of carbonyl (C=O) groups is 1. The zero-order chi connectivity index (χ0) is 17.9. The van der Waals surface area contributed by atoms with Crippen molar-refractivity contribution in [2.24, 2.45) is 0 Å². The third-order valence-corrected chi connectivity index (χ3v) is 3.89. The van der Waals surface area contributed by atoms with E-state index in [9.17, 15) is 18.0 Å². The molecule has 25 heavy (non-hydrogen) atoms. The summed E-state index contributed by atoms with van der Waals surface area (Å²) in [6.07, 6.45) is -4.97. The van der Waals surface area contributed by atoms with Crippen LogP contribution >= 0.6 is 0 Å². The molecule has 0 spiro atoms. The number of ether oxygens (including phenoxy) is 1. The molecule has 0 saturated carbocycles. The Hall–Kier alpha value is -2.54. The highest BCUT2D eigenvalue weighted by Gasteiger charge is 2.44. The van der Waals surface area contributed by atoms with Crippen molar-refractivity contribution < 1.29 is 27.5 Å². The van der Waals surface area contributed by atoms with Crippen LogP contribution in [0.1, 0.15) is 17.0 Å². The van der Waals surface area contributed by atoms with Crippen molar-refractivity contribution in [3.63, 3.8) is 0 Å². The second-order valence-electron chi connectivity index (χ2n) is 5.76. The fraction of sp³-hybridized carbons (Fsp3) is 0.278. The summed E-state index contributed by atoms with van der Waals surface area (Å²) in [5.41, 5.74) is 2.03. The van der Waals surface area contributed by atoms with Crippen LogP contribution in [-0.4, -0.2) is 30.3 Å². The Morgan fingerprint density at radius 2 is 1.68 bits per heavy atom. The van der Waals surface area contributed by atoms with Crippen molar-refractivity contribution in [3.8, 4) is 5.75 Å². The first-order valence-electron chi connectivity index (χ1n) is 7.72. The van der Waals surface area contributed by atoms with Crippen LogP contribution in [0.15, 0.2) is 54.6 Å². The van der Waals surface area contributed by atoms with Gasteiger partial charge in [-0.3, -0.25) is 0 Å². The molecule has 2 aromatic carbocycles. The molecule has 1 aliphatic rings. The van der Waals surface area contributed by atoms with Crippen molar-refractivity contribution in [3.05, 3.63) is 65.7 Å². The maximum Gasteiger partial charge on any atom is 0.492 e. The van der Waals surface area contributed by atoms with E-state index < -0.39 is 12.1 Å². The molecule has 7 heteroatoms. The van der Waals surface area contributed by atoms with Crippen LogP contribution in [-0.2, 0) is 16.2 Å². The predicted molar refractivity (Wildman–Crippen MR) is 83.7 cm³/mol. The minimum Gasteiger partial charge on any atom is -0.489 e. The molecule has 0 radical (unpaired) electrons. The largest absolute Gasteiger partial charge is 0.492 e. The molecule has 0 unspecified atom stereocenters. The zero-order valence-electron chi connectivity index (χ0n) is 13.2. The minimum absolute atomic E-state index is 0.0317. The molecular weight excluding hydrogens is 335 g/mol. The van der Waals surface area contributed by atoms with Crippen LogP contribution in [0.2, 0.25) is 0 Å². The molecule has 2 aromatic rings. The van der Waals surface area contributed by atoms with E-state index in [1.54, 1.807) is 0 Å². The summed E-state index contributed by atoms with van der Waals surface area (Å²) < 4.78 is 42.0. The highest BCUT2D eigenvalue weighted by atomic mass is 19.4. The van der Waals surface area contributed by atoms with Gasteiger partial charge < -0.3 is 9.57 Å². The average Bonchev–Trinajstić information content (AvgIpc) is 2.56. The van der Waals surface area contributed by atoms with Gasteiger partial charge in [-0.2, -0.15) is 13.2 Å². The summed E-state index contributed by atoms with van der Waals surface area (Å²) in [6.45, 7) is 0.947. The molecule has 1 heterocycles. The van der Waals surface area contributed by atoms with Crippen molar-refractivity contribution in [2.75, 3.05) is 13.1 Å². The van der Waals surface area contributed by atoms with E-state index >= 15 is 0 Å². The van der Waals surface area contributed by atoms with E-state index in [2.05, 4.69) is 4.84 Å². The quantitative estimate of drug-likeness (QED) is 0.824. The molecule has 0 N–H and O–H groups in total. The Bertz CT molecular complexity index is 711. The summed E-state index contributed by atoms with van der Waals surface area (Å²) in [5.74, 6) is -1.44. The van der Waals surface area contributed by atoms with Crippen molar-refractivity contribution in [2.45, 2.75) is 18.7 Å². The number of halogens is 3.